The average molecular weight is 624 g/mol. The molecule has 0 amide bonds. The molecule has 4 aliphatic rings. The number of aliphatic carboxylic acids is 1. The maximum absolute atomic E-state index is 12.5. The zero-order valence-electron chi connectivity index (χ0n) is 24.1. The van der Waals surface area contributed by atoms with Crippen LogP contribution in [-0.2, 0) is 36.7 Å². The Morgan fingerprint density at radius 3 is 2.29 bits per heavy atom. The predicted molar refractivity (Wildman–Crippen MR) is 140 cm³/mol. The van der Waals surface area contributed by atoms with Crippen LogP contribution in [0.5, 0.6) is 0 Å². The second-order valence-corrected chi connectivity index (χ2v) is 13.6. The molecule has 0 aromatic heterocycles. The summed E-state index contributed by atoms with van der Waals surface area (Å²) in [6.45, 7) is 14.4. The Balaban J connectivity index is 0.00000400. The maximum Gasteiger partial charge on any atom is 1.00 e. The number of hydrogen-bond acceptors (Lipinski definition) is 6. The van der Waals surface area contributed by atoms with Gasteiger partial charge < -0.3 is 24.9 Å². The summed E-state index contributed by atoms with van der Waals surface area (Å²) in [7, 11) is 0. The first kappa shape index (κ1) is 31.6. The minimum absolute atomic E-state index is 0. The predicted octanol–water partition coefficient (Wildman–Crippen LogP) is 4.33. The van der Waals surface area contributed by atoms with Crippen molar-refractivity contribution in [2.24, 2.45) is 39.9 Å². The number of carbonyl (C=O) groups excluding carboxylic acids is 2. The summed E-state index contributed by atoms with van der Waals surface area (Å²) in [6.07, 6.45) is 5.92. The fraction of sp³-hybridized carbons (Fsp3) is 0.806. The molecule has 0 saturated heterocycles. The van der Waals surface area contributed by atoms with E-state index in [1.807, 2.05) is 19.9 Å². The van der Waals surface area contributed by atoms with Crippen LogP contribution in [0.25, 0.3) is 0 Å². The number of carbonyl (C=O) groups is 2. The SMILES string of the molecule is CC(=O)O[C@H]1C[C@@]2(C)[C@@H](C[C@@H](O)[C@H]3[C@@]4(C)CC[C@@H](O)[C@@H](C)[C@@H]4CC[C@@]32C)/C1=C(\CCC=C(C)C)C(=O)[O-].[Ag+]. The molecule has 0 bridgehead atoms. The van der Waals surface area contributed by atoms with Gasteiger partial charge in [-0.2, -0.15) is 0 Å². The van der Waals surface area contributed by atoms with Crippen LogP contribution >= 0.6 is 0 Å². The van der Waals surface area contributed by atoms with Gasteiger partial charge in [-0.1, -0.05) is 39.3 Å². The van der Waals surface area contributed by atoms with Crippen LogP contribution in [0, 0.1) is 39.9 Å². The fourth-order valence-electron chi connectivity index (χ4n) is 9.78. The van der Waals surface area contributed by atoms with E-state index in [2.05, 4.69) is 27.7 Å². The number of rotatable bonds is 5. The van der Waals surface area contributed by atoms with Gasteiger partial charge in [0.1, 0.15) is 6.10 Å². The first-order valence-electron chi connectivity index (χ1n) is 14.3. The monoisotopic (exact) mass is 622 g/mol. The smallest absolute Gasteiger partial charge is 0.545 e. The molecule has 7 heteroatoms. The van der Waals surface area contributed by atoms with Crippen molar-refractivity contribution in [1.82, 2.24) is 0 Å². The van der Waals surface area contributed by atoms with Crippen molar-refractivity contribution < 1.29 is 52.0 Å². The standard InChI is InChI=1S/C31H48O6.Ag/c1-17(2)9-8-10-20(28(35)36)26-22-15-24(34)27-29(5)13-12-23(33)18(3)21(29)11-14-30(27,6)31(22,7)16-25(26)37-19(4)32;/h9,18,21-25,27,33-34H,8,10-16H2,1-7H3,(H,35,36);/q;+1/p-1/b26-20-;/t18-,21-,22-,23+,24+,25-,27-,29-,30-,31-;/m0./s1. The van der Waals surface area contributed by atoms with E-state index >= 15 is 0 Å². The van der Waals surface area contributed by atoms with Gasteiger partial charge in [-0.15, -0.1) is 0 Å². The molecule has 4 rings (SSSR count). The summed E-state index contributed by atoms with van der Waals surface area (Å²) in [5.41, 5.74) is 1.31. The molecule has 4 aliphatic carbocycles. The number of carboxylic acids is 1. The number of hydrogen-bond donors (Lipinski definition) is 2. The van der Waals surface area contributed by atoms with E-state index in [0.717, 1.165) is 31.3 Å². The van der Waals surface area contributed by atoms with Crippen LogP contribution < -0.4 is 5.11 Å². The van der Waals surface area contributed by atoms with Gasteiger partial charge in [0.2, 0.25) is 0 Å². The number of fused-ring (bicyclic) bond motifs is 5. The van der Waals surface area contributed by atoms with Crippen molar-refractivity contribution in [3.8, 4) is 0 Å². The molecule has 218 valence electrons. The maximum atomic E-state index is 12.5. The van der Waals surface area contributed by atoms with E-state index in [1.165, 1.54) is 6.92 Å². The summed E-state index contributed by atoms with van der Waals surface area (Å²) >= 11 is 0. The minimum Gasteiger partial charge on any atom is -0.545 e. The number of aliphatic hydroxyl groups is 2. The third-order valence-electron chi connectivity index (χ3n) is 11.6. The Morgan fingerprint density at radius 1 is 1.05 bits per heavy atom. The van der Waals surface area contributed by atoms with Gasteiger partial charge in [-0.25, -0.2) is 0 Å². The molecule has 2 N–H and O–H groups in total. The van der Waals surface area contributed by atoms with Crippen molar-refractivity contribution in [3.63, 3.8) is 0 Å². The molecular weight excluding hydrogens is 576 g/mol. The second kappa shape index (κ2) is 11.2. The van der Waals surface area contributed by atoms with Crippen LogP contribution in [-0.4, -0.2) is 40.5 Å². The van der Waals surface area contributed by atoms with Crippen LogP contribution in [0.2, 0.25) is 0 Å². The summed E-state index contributed by atoms with van der Waals surface area (Å²) in [6, 6.07) is 0. The van der Waals surface area contributed by atoms with Crippen molar-refractivity contribution in [3.05, 3.63) is 22.8 Å². The average Bonchev–Trinajstić information content (AvgIpc) is 3.05. The second-order valence-electron chi connectivity index (χ2n) is 13.6. The van der Waals surface area contributed by atoms with Gasteiger partial charge in [0.15, 0.2) is 0 Å². The Bertz CT molecular complexity index is 1000. The molecule has 0 aromatic carbocycles. The van der Waals surface area contributed by atoms with E-state index in [4.69, 9.17) is 4.74 Å². The molecule has 0 spiro atoms. The number of allylic oxidation sites excluding steroid dienone is 2. The number of carboxylic acid groups (broad SMARTS) is 1. The molecule has 10 atom stereocenters. The van der Waals surface area contributed by atoms with Crippen molar-refractivity contribution >= 4 is 11.9 Å². The molecule has 6 nitrogen and oxygen atoms in total. The van der Waals surface area contributed by atoms with Gasteiger partial charge in [-0.05, 0) is 116 Å². The van der Waals surface area contributed by atoms with E-state index in [9.17, 15) is 24.9 Å². The van der Waals surface area contributed by atoms with E-state index in [-0.39, 0.29) is 68.1 Å². The van der Waals surface area contributed by atoms with E-state index in [1.54, 1.807) is 0 Å². The Labute approximate surface area is 244 Å². The van der Waals surface area contributed by atoms with Crippen LogP contribution in [0.3, 0.4) is 0 Å². The molecule has 0 unspecified atom stereocenters. The minimum atomic E-state index is -1.20. The molecule has 0 radical (unpaired) electrons. The molecule has 0 aromatic rings. The first-order chi connectivity index (χ1) is 17.2. The van der Waals surface area contributed by atoms with Crippen LogP contribution in [0.15, 0.2) is 22.8 Å². The van der Waals surface area contributed by atoms with Crippen molar-refractivity contribution in [2.75, 3.05) is 0 Å². The van der Waals surface area contributed by atoms with E-state index < -0.39 is 24.1 Å². The first-order valence-corrected chi connectivity index (χ1v) is 14.3. The topological polar surface area (TPSA) is 107 Å². The number of aliphatic hydroxyl groups excluding tert-OH is 2. The van der Waals surface area contributed by atoms with Gasteiger partial charge in [0.25, 0.3) is 0 Å². The molecular formula is C31H47AgO6. The molecule has 0 aliphatic heterocycles. The summed E-state index contributed by atoms with van der Waals surface area (Å²) in [4.78, 5) is 24.7. The molecule has 4 saturated carbocycles. The summed E-state index contributed by atoms with van der Waals surface area (Å²) < 4.78 is 5.84. The summed E-state index contributed by atoms with van der Waals surface area (Å²) in [5, 5.41) is 35.0. The third kappa shape index (κ3) is 4.91. The third-order valence-corrected chi connectivity index (χ3v) is 11.6. The van der Waals surface area contributed by atoms with Crippen molar-refractivity contribution in [2.45, 2.75) is 118 Å². The van der Waals surface area contributed by atoms with Crippen LogP contribution in [0.1, 0.15) is 99.8 Å². The molecule has 0 heterocycles. The Morgan fingerprint density at radius 2 is 1.71 bits per heavy atom. The normalized spacial score (nSPS) is 45.0. The Kier molecular flexibility index (Phi) is 9.28. The summed E-state index contributed by atoms with van der Waals surface area (Å²) in [5.74, 6) is -1.25. The van der Waals surface area contributed by atoms with E-state index in [0.29, 0.717) is 37.2 Å². The molecule has 38 heavy (non-hydrogen) atoms. The van der Waals surface area contributed by atoms with Gasteiger partial charge in [0.05, 0.1) is 18.2 Å². The number of esters is 1. The zero-order valence-corrected chi connectivity index (χ0v) is 25.6. The quantitative estimate of drug-likeness (QED) is 0.205. The van der Waals surface area contributed by atoms with Gasteiger partial charge in [-0.3, -0.25) is 4.79 Å². The van der Waals surface area contributed by atoms with Gasteiger partial charge >= 0.3 is 28.3 Å². The fourth-order valence-corrected chi connectivity index (χ4v) is 9.78. The van der Waals surface area contributed by atoms with Gasteiger partial charge in [0, 0.05) is 6.92 Å². The Hall–Kier alpha value is -0.920. The van der Waals surface area contributed by atoms with Crippen molar-refractivity contribution in [1.29, 1.82) is 0 Å². The number of ether oxygens (including phenoxy) is 1. The largest absolute Gasteiger partial charge is 1.00 e. The molecule has 4 fully saturated rings. The van der Waals surface area contributed by atoms with Crippen LogP contribution in [0.4, 0.5) is 0 Å². The zero-order chi connectivity index (χ0) is 27.5.